The first-order valence-electron chi connectivity index (χ1n) is 3.64. The highest BCUT2D eigenvalue weighted by atomic mass is 32.1. The molecular formula is C7H17N3O3S2. The molecule has 0 atom stereocenters. The summed E-state index contributed by atoms with van der Waals surface area (Å²) in [4.78, 5) is 11.6. The van der Waals surface area contributed by atoms with Crippen LogP contribution in [0.2, 0.25) is 0 Å². The minimum absolute atomic E-state index is 0.0880. The van der Waals surface area contributed by atoms with Crippen molar-refractivity contribution < 1.29 is 14.6 Å². The van der Waals surface area contributed by atoms with E-state index in [0.29, 0.717) is 0 Å². The van der Waals surface area contributed by atoms with Crippen molar-refractivity contribution in [2.45, 2.75) is 6.92 Å². The van der Waals surface area contributed by atoms with E-state index in [2.05, 4.69) is 34.9 Å². The second kappa shape index (κ2) is 12.8. The summed E-state index contributed by atoms with van der Waals surface area (Å²) in [5, 5.41) is 7.15. The third-order valence-electron chi connectivity index (χ3n) is 0.831. The first-order valence-corrected chi connectivity index (χ1v) is 4.46. The van der Waals surface area contributed by atoms with Gasteiger partial charge in [0, 0.05) is 21.0 Å². The molecule has 90 valence electrons. The van der Waals surface area contributed by atoms with Crippen LogP contribution in [-0.2, 0) is 9.53 Å². The number of thiocarbonyl (C=S) groups is 2. The Labute approximate surface area is 100 Å². The van der Waals surface area contributed by atoms with Gasteiger partial charge in [0.2, 0.25) is 5.91 Å². The van der Waals surface area contributed by atoms with Crippen molar-refractivity contribution >= 4 is 40.7 Å². The van der Waals surface area contributed by atoms with Gasteiger partial charge in [-0.2, -0.15) is 0 Å². The summed E-state index contributed by atoms with van der Waals surface area (Å²) in [6.45, 7) is 1.53. The number of methoxy groups -OCH3 is 1. The van der Waals surface area contributed by atoms with Gasteiger partial charge in [-0.05, 0) is 24.4 Å². The van der Waals surface area contributed by atoms with E-state index in [1.165, 1.54) is 18.9 Å². The lowest BCUT2D eigenvalue weighted by Gasteiger charge is -2.02. The molecule has 0 rings (SSSR count). The van der Waals surface area contributed by atoms with E-state index in [0.717, 1.165) is 0 Å². The molecule has 6 nitrogen and oxygen atoms in total. The van der Waals surface area contributed by atoms with Gasteiger partial charge in [0.25, 0.3) is 10.3 Å². The van der Waals surface area contributed by atoms with Crippen LogP contribution in [0.3, 0.4) is 0 Å². The average molecular weight is 255 g/mol. The smallest absolute Gasteiger partial charge is 0.253 e. The molecule has 0 radical (unpaired) electrons. The minimum Gasteiger partial charge on any atom is -0.487 e. The molecule has 0 saturated carbocycles. The maximum atomic E-state index is 10.1. The van der Waals surface area contributed by atoms with Crippen LogP contribution in [0.25, 0.3) is 0 Å². The Balaban J connectivity index is -0.000000147. The summed E-state index contributed by atoms with van der Waals surface area (Å²) in [7, 11) is 4.88. The van der Waals surface area contributed by atoms with E-state index in [4.69, 9.17) is 10.8 Å². The van der Waals surface area contributed by atoms with E-state index >= 15 is 0 Å². The fraction of sp³-hybridized carbons (Fsp3) is 0.571. The number of aliphatic hydroxyl groups excluding tert-OH is 1. The van der Waals surface area contributed by atoms with Crippen molar-refractivity contribution in [1.82, 2.24) is 4.90 Å². The van der Waals surface area contributed by atoms with Crippen molar-refractivity contribution in [3.63, 3.8) is 0 Å². The summed E-state index contributed by atoms with van der Waals surface area (Å²) in [6, 6.07) is 0. The van der Waals surface area contributed by atoms with Crippen LogP contribution >= 0.6 is 24.4 Å². The Morgan fingerprint density at radius 2 is 1.47 bits per heavy atom. The molecule has 0 aromatic heterocycles. The molecule has 0 bridgehead atoms. The van der Waals surface area contributed by atoms with Crippen LogP contribution in [0.5, 0.6) is 0 Å². The molecule has 8 heteroatoms. The zero-order valence-electron chi connectivity index (χ0n) is 9.18. The quantitative estimate of drug-likeness (QED) is 0.513. The SMILES string of the molecule is CC(=O)N(C)C.COC(N)=S.NC(O)=S. The monoisotopic (exact) mass is 255 g/mol. The molecular weight excluding hydrogens is 238 g/mol. The zero-order valence-corrected chi connectivity index (χ0v) is 10.8. The number of hydrogen-bond acceptors (Lipinski definition) is 4. The average Bonchev–Trinajstić information content (AvgIpc) is 2.04. The molecule has 1 amide bonds. The van der Waals surface area contributed by atoms with Gasteiger partial charge in [-0.3, -0.25) is 4.79 Å². The Kier molecular flexibility index (Phi) is 16.6. The number of aliphatic hydroxyl groups is 1. The third-order valence-corrected chi connectivity index (χ3v) is 0.998. The molecule has 0 unspecified atom stereocenters. The summed E-state index contributed by atoms with van der Waals surface area (Å²) < 4.78 is 4.26. The largest absolute Gasteiger partial charge is 0.487 e. The summed E-state index contributed by atoms with van der Waals surface area (Å²) in [5.74, 6) is 0.0926. The molecule has 0 saturated heterocycles. The van der Waals surface area contributed by atoms with Crippen LogP contribution in [0, 0.1) is 0 Å². The van der Waals surface area contributed by atoms with Gasteiger partial charge < -0.3 is 26.2 Å². The van der Waals surface area contributed by atoms with Crippen molar-refractivity contribution in [3.8, 4) is 0 Å². The van der Waals surface area contributed by atoms with E-state index in [1.807, 2.05) is 0 Å². The number of amides is 1. The Hall–Kier alpha value is -1.15. The number of hydrogen-bond donors (Lipinski definition) is 3. The fourth-order valence-corrected chi connectivity index (χ4v) is 0. The van der Waals surface area contributed by atoms with E-state index in [-0.39, 0.29) is 11.1 Å². The third kappa shape index (κ3) is 64.3. The number of rotatable bonds is 0. The van der Waals surface area contributed by atoms with Crippen LogP contribution in [0.15, 0.2) is 0 Å². The predicted octanol–water partition coefficient (Wildman–Crippen LogP) is -0.241. The van der Waals surface area contributed by atoms with Crippen molar-refractivity contribution in [2.24, 2.45) is 11.5 Å². The van der Waals surface area contributed by atoms with Gasteiger partial charge in [0.15, 0.2) is 0 Å². The van der Waals surface area contributed by atoms with E-state index < -0.39 is 5.17 Å². The highest BCUT2D eigenvalue weighted by molar-refractivity contribution is 7.80. The van der Waals surface area contributed by atoms with Crippen LogP contribution in [-0.4, -0.2) is 47.5 Å². The summed E-state index contributed by atoms with van der Waals surface area (Å²) in [5.41, 5.74) is 9.20. The molecule has 15 heavy (non-hydrogen) atoms. The first kappa shape index (κ1) is 19.4. The number of nitrogens with zero attached hydrogens (tertiary/aromatic N) is 1. The fourth-order valence-electron chi connectivity index (χ4n) is 0. The Morgan fingerprint density at radius 3 is 1.47 bits per heavy atom. The predicted molar refractivity (Wildman–Crippen MR) is 67.6 cm³/mol. The Morgan fingerprint density at radius 1 is 1.33 bits per heavy atom. The maximum absolute atomic E-state index is 10.1. The van der Waals surface area contributed by atoms with Crippen LogP contribution in [0.1, 0.15) is 6.92 Å². The standard InChI is InChI=1S/C4H9NO.C2H5NOS.CH3NOS/c1-4(6)5(2)3;1-4-2(3)5;2-1(3)4/h1-3H3;1H3,(H2,3,5);(H3,2,3,4). The van der Waals surface area contributed by atoms with Crippen LogP contribution in [0.4, 0.5) is 0 Å². The van der Waals surface area contributed by atoms with Gasteiger partial charge >= 0.3 is 0 Å². The molecule has 0 aliphatic carbocycles. The molecule has 0 aliphatic heterocycles. The number of carbonyl (C=O) groups is 1. The number of nitrogens with two attached hydrogens (primary N) is 2. The number of carbonyl (C=O) groups excluding carboxylic acids is 1. The van der Waals surface area contributed by atoms with Gasteiger partial charge in [-0.1, -0.05) is 0 Å². The highest BCUT2D eigenvalue weighted by Crippen LogP contribution is 1.69. The normalized spacial score (nSPS) is 6.93. The highest BCUT2D eigenvalue weighted by Gasteiger charge is 1.87. The van der Waals surface area contributed by atoms with Gasteiger partial charge in [-0.15, -0.1) is 0 Å². The zero-order chi connectivity index (χ0) is 13.0. The second-order valence-electron chi connectivity index (χ2n) is 2.27. The molecule has 0 spiro atoms. The summed E-state index contributed by atoms with van der Waals surface area (Å²) >= 11 is 8.12. The van der Waals surface area contributed by atoms with E-state index in [9.17, 15) is 4.79 Å². The van der Waals surface area contributed by atoms with Crippen LogP contribution < -0.4 is 11.5 Å². The topological polar surface area (TPSA) is 102 Å². The molecule has 0 aliphatic rings. The van der Waals surface area contributed by atoms with Gasteiger partial charge in [-0.25, -0.2) is 0 Å². The van der Waals surface area contributed by atoms with E-state index in [1.54, 1.807) is 14.1 Å². The molecule has 0 aromatic carbocycles. The first-order chi connectivity index (χ1) is 6.64. The molecule has 5 N–H and O–H groups in total. The Bertz CT molecular complexity index is 206. The lowest BCUT2D eigenvalue weighted by Crippen LogP contribution is -2.17. The van der Waals surface area contributed by atoms with Gasteiger partial charge in [0.05, 0.1) is 7.11 Å². The molecule has 0 heterocycles. The van der Waals surface area contributed by atoms with Crippen molar-refractivity contribution in [2.75, 3.05) is 21.2 Å². The van der Waals surface area contributed by atoms with Crippen molar-refractivity contribution in [3.05, 3.63) is 0 Å². The van der Waals surface area contributed by atoms with Crippen molar-refractivity contribution in [1.29, 1.82) is 0 Å². The number of ether oxygens (including phenoxy) is 1. The maximum Gasteiger partial charge on any atom is 0.253 e. The minimum atomic E-state index is -0.500. The van der Waals surface area contributed by atoms with Gasteiger partial charge in [0.1, 0.15) is 0 Å². The molecule has 0 aromatic rings. The second-order valence-corrected chi connectivity index (χ2v) is 3.10. The lowest BCUT2D eigenvalue weighted by molar-refractivity contribution is -0.126. The summed E-state index contributed by atoms with van der Waals surface area (Å²) in [6.07, 6.45) is 0. The molecule has 0 fully saturated rings. The lowest BCUT2D eigenvalue weighted by atomic mass is 10.7.